The highest BCUT2D eigenvalue weighted by Gasteiger charge is 2.09. The fourth-order valence-corrected chi connectivity index (χ4v) is 1.89. The van der Waals surface area contributed by atoms with Gasteiger partial charge < -0.3 is 19.3 Å². The molecule has 0 unspecified atom stereocenters. The number of hydrogen-bond donors (Lipinski definition) is 0. The third-order valence-corrected chi connectivity index (χ3v) is 3.16. The van der Waals surface area contributed by atoms with Gasteiger partial charge in [0.2, 0.25) is 6.79 Å². The molecule has 0 N–H and O–H groups in total. The average molecular weight is 278 g/mol. The van der Waals surface area contributed by atoms with E-state index in [1.807, 2.05) is 37.5 Å². The van der Waals surface area contributed by atoms with Crippen LogP contribution in [0.3, 0.4) is 0 Å². The fraction of sp³-hybridized carbons (Fsp3) is 0.818. The number of hydrogen-bond acceptors (Lipinski definition) is 4. The molecule has 0 rings (SSSR count). The first kappa shape index (κ1) is 16.4. The fourth-order valence-electron chi connectivity index (χ4n) is 1.28. The predicted molar refractivity (Wildman–Crippen MR) is 78.1 cm³/mol. The molecule has 0 saturated carbocycles. The molecule has 0 heterocycles. The number of thiocarbonyl (C=S) groups is 2. The van der Waals surface area contributed by atoms with E-state index < -0.39 is 0 Å². The smallest absolute Gasteiger partial charge is 0.262 e. The lowest BCUT2D eigenvalue weighted by atomic mass is 10.6. The minimum absolute atomic E-state index is 0.0741. The zero-order valence-electron chi connectivity index (χ0n) is 11.1. The van der Waals surface area contributed by atoms with Crippen molar-refractivity contribution < 1.29 is 9.47 Å². The zero-order valence-corrected chi connectivity index (χ0v) is 12.7. The van der Waals surface area contributed by atoms with Gasteiger partial charge in [0.25, 0.3) is 10.3 Å². The van der Waals surface area contributed by atoms with Crippen LogP contribution in [0.2, 0.25) is 0 Å². The average Bonchev–Trinajstić information content (AvgIpc) is 2.32. The second kappa shape index (κ2) is 9.41. The lowest BCUT2D eigenvalue weighted by Crippen LogP contribution is -2.34. The maximum absolute atomic E-state index is 5.32. The molecule has 17 heavy (non-hydrogen) atoms. The molecular formula is C11H22N2O2S2. The Bertz CT molecular complexity index is 218. The van der Waals surface area contributed by atoms with Crippen molar-refractivity contribution >= 4 is 34.8 Å². The Morgan fingerprint density at radius 1 is 0.765 bits per heavy atom. The van der Waals surface area contributed by atoms with E-state index in [9.17, 15) is 0 Å². The van der Waals surface area contributed by atoms with Crippen molar-refractivity contribution in [2.45, 2.75) is 27.7 Å². The Balaban J connectivity index is 3.90. The lowest BCUT2D eigenvalue weighted by molar-refractivity contribution is 0.0727. The van der Waals surface area contributed by atoms with E-state index in [4.69, 9.17) is 33.9 Å². The summed E-state index contributed by atoms with van der Waals surface area (Å²) in [5.74, 6) is 0. The third-order valence-electron chi connectivity index (χ3n) is 2.41. The van der Waals surface area contributed by atoms with E-state index in [-0.39, 0.29) is 6.79 Å². The maximum atomic E-state index is 5.32. The molecule has 0 aromatic rings. The van der Waals surface area contributed by atoms with Crippen molar-refractivity contribution in [2.24, 2.45) is 0 Å². The quantitative estimate of drug-likeness (QED) is 0.546. The molecule has 0 atom stereocenters. The molecule has 0 radical (unpaired) electrons. The molecule has 6 heteroatoms. The van der Waals surface area contributed by atoms with Crippen LogP contribution in [0.4, 0.5) is 0 Å². The molecule has 100 valence electrons. The summed E-state index contributed by atoms with van der Waals surface area (Å²) in [4.78, 5) is 3.89. The van der Waals surface area contributed by atoms with E-state index in [0.29, 0.717) is 10.3 Å². The molecule has 0 fully saturated rings. The molecule has 0 amide bonds. The minimum atomic E-state index is 0.0741. The van der Waals surface area contributed by atoms with Gasteiger partial charge in [0.05, 0.1) is 0 Å². The van der Waals surface area contributed by atoms with Crippen LogP contribution in [-0.4, -0.2) is 53.1 Å². The van der Waals surface area contributed by atoms with Crippen LogP contribution >= 0.6 is 24.4 Å². The molecule has 0 aromatic heterocycles. The van der Waals surface area contributed by atoms with E-state index in [1.54, 1.807) is 0 Å². The Labute approximate surface area is 115 Å². The van der Waals surface area contributed by atoms with Crippen molar-refractivity contribution in [1.82, 2.24) is 9.80 Å². The largest absolute Gasteiger partial charge is 0.433 e. The molecular weight excluding hydrogens is 256 g/mol. The Morgan fingerprint density at radius 3 is 1.29 bits per heavy atom. The summed E-state index contributed by atoms with van der Waals surface area (Å²) in [6, 6.07) is 0. The molecule has 0 aliphatic heterocycles. The lowest BCUT2D eigenvalue weighted by Gasteiger charge is -2.23. The van der Waals surface area contributed by atoms with Gasteiger partial charge in [-0.25, -0.2) is 0 Å². The van der Waals surface area contributed by atoms with Crippen molar-refractivity contribution in [3.05, 3.63) is 0 Å². The van der Waals surface area contributed by atoms with Crippen molar-refractivity contribution in [2.75, 3.05) is 33.0 Å². The van der Waals surface area contributed by atoms with Crippen molar-refractivity contribution in [3.8, 4) is 0 Å². The van der Waals surface area contributed by atoms with Gasteiger partial charge in [0.1, 0.15) is 0 Å². The number of nitrogens with zero attached hydrogens (tertiary/aromatic N) is 2. The van der Waals surface area contributed by atoms with Crippen LogP contribution in [-0.2, 0) is 9.47 Å². The normalized spacial score (nSPS) is 9.65. The Morgan fingerprint density at radius 2 is 1.06 bits per heavy atom. The first-order valence-electron chi connectivity index (χ1n) is 5.93. The Kier molecular flexibility index (Phi) is 9.07. The topological polar surface area (TPSA) is 24.9 Å². The van der Waals surface area contributed by atoms with Gasteiger partial charge >= 0.3 is 0 Å². The highest BCUT2D eigenvalue weighted by atomic mass is 32.1. The van der Waals surface area contributed by atoms with Crippen LogP contribution in [0.5, 0.6) is 0 Å². The van der Waals surface area contributed by atoms with E-state index in [2.05, 4.69) is 0 Å². The van der Waals surface area contributed by atoms with Gasteiger partial charge in [-0.1, -0.05) is 0 Å². The standard InChI is InChI=1S/C11H22N2O2S2/c1-5-12(6-2)10(16)14-9-15-11(17)13(7-3)8-4/h5-9H2,1-4H3. The SMILES string of the molecule is CCN(CC)C(=S)OCOC(=S)N(CC)CC. The molecule has 4 nitrogen and oxygen atoms in total. The maximum Gasteiger partial charge on any atom is 0.262 e. The highest BCUT2D eigenvalue weighted by Crippen LogP contribution is 1.97. The highest BCUT2D eigenvalue weighted by molar-refractivity contribution is 7.80. The van der Waals surface area contributed by atoms with Crippen LogP contribution in [0.15, 0.2) is 0 Å². The third kappa shape index (κ3) is 6.02. The summed E-state index contributed by atoms with van der Waals surface area (Å²) in [5, 5.41) is 0.912. The first-order valence-corrected chi connectivity index (χ1v) is 6.75. The van der Waals surface area contributed by atoms with Crippen molar-refractivity contribution in [3.63, 3.8) is 0 Å². The molecule has 0 bridgehead atoms. The number of ether oxygens (including phenoxy) is 2. The van der Waals surface area contributed by atoms with Crippen LogP contribution in [0.1, 0.15) is 27.7 Å². The predicted octanol–water partition coefficient (Wildman–Crippen LogP) is 2.23. The van der Waals surface area contributed by atoms with Gasteiger partial charge in [0, 0.05) is 26.2 Å². The first-order chi connectivity index (χ1) is 8.10. The summed E-state index contributed by atoms with van der Waals surface area (Å²) >= 11 is 10.2. The second-order valence-electron chi connectivity index (χ2n) is 3.28. The Hall–Kier alpha value is -0.620. The summed E-state index contributed by atoms with van der Waals surface area (Å²) < 4.78 is 10.6. The van der Waals surface area contributed by atoms with E-state index in [1.165, 1.54) is 0 Å². The molecule has 0 aromatic carbocycles. The molecule has 0 saturated heterocycles. The summed E-state index contributed by atoms with van der Waals surface area (Å²) in [7, 11) is 0. The molecule has 0 aliphatic rings. The van der Waals surface area contributed by atoms with E-state index >= 15 is 0 Å². The second-order valence-corrected chi connectivity index (χ2v) is 3.98. The summed E-state index contributed by atoms with van der Waals surface area (Å²) in [6.45, 7) is 11.5. The van der Waals surface area contributed by atoms with Crippen molar-refractivity contribution in [1.29, 1.82) is 0 Å². The van der Waals surface area contributed by atoms with E-state index in [0.717, 1.165) is 26.2 Å². The summed E-state index contributed by atoms with van der Waals surface area (Å²) in [6.07, 6.45) is 0. The summed E-state index contributed by atoms with van der Waals surface area (Å²) in [5.41, 5.74) is 0. The van der Waals surface area contributed by atoms with Crippen LogP contribution in [0, 0.1) is 0 Å². The number of rotatable bonds is 6. The van der Waals surface area contributed by atoms with Gasteiger partial charge in [-0.2, -0.15) is 0 Å². The van der Waals surface area contributed by atoms with Gasteiger partial charge in [-0.15, -0.1) is 0 Å². The molecule has 0 spiro atoms. The van der Waals surface area contributed by atoms with Gasteiger partial charge in [-0.3, -0.25) is 0 Å². The van der Waals surface area contributed by atoms with Gasteiger partial charge in [0.15, 0.2) is 0 Å². The monoisotopic (exact) mass is 278 g/mol. The van der Waals surface area contributed by atoms with Gasteiger partial charge in [-0.05, 0) is 52.1 Å². The molecule has 0 aliphatic carbocycles. The minimum Gasteiger partial charge on any atom is -0.433 e. The van der Waals surface area contributed by atoms with Crippen LogP contribution in [0.25, 0.3) is 0 Å². The zero-order chi connectivity index (χ0) is 13.3. The van der Waals surface area contributed by atoms with Crippen LogP contribution < -0.4 is 0 Å².